The van der Waals surface area contributed by atoms with E-state index < -0.39 is 0 Å². The van der Waals surface area contributed by atoms with Crippen molar-refractivity contribution < 1.29 is 14.6 Å². The van der Waals surface area contributed by atoms with Crippen molar-refractivity contribution in [1.29, 1.82) is 0 Å². The molecule has 1 aromatic heterocycles. The lowest BCUT2D eigenvalue weighted by Crippen LogP contribution is -2.35. The maximum atomic E-state index is 9.39. The summed E-state index contributed by atoms with van der Waals surface area (Å²) < 4.78 is 5.42. The summed E-state index contributed by atoms with van der Waals surface area (Å²) in [6, 6.07) is 3.98. The fraction of sp³-hybridized carbons (Fsp3) is 0.667. The van der Waals surface area contributed by atoms with Crippen molar-refractivity contribution in [1.82, 2.24) is 4.90 Å². The Hall–Kier alpha value is -0.840. The lowest BCUT2D eigenvalue weighted by molar-refractivity contribution is 0.0965. The molecule has 0 radical (unpaired) electrons. The molecule has 1 rings (SSSR count). The van der Waals surface area contributed by atoms with Gasteiger partial charge in [0, 0.05) is 12.6 Å². The standard InChI is InChI=1S/C12H21NO3/c1-9(2)13(6-10(3)15)7-11-4-5-12(8-14)16-11/h4-5,9-10,14-15H,6-8H2,1-3H3. The molecule has 1 atom stereocenters. The van der Waals surface area contributed by atoms with Crippen LogP contribution < -0.4 is 0 Å². The highest BCUT2D eigenvalue weighted by Gasteiger charge is 2.14. The Morgan fingerprint density at radius 1 is 1.25 bits per heavy atom. The average molecular weight is 227 g/mol. The summed E-state index contributed by atoms with van der Waals surface area (Å²) in [5.74, 6) is 1.40. The second kappa shape index (κ2) is 6.03. The second-order valence-electron chi connectivity index (χ2n) is 4.40. The fourth-order valence-electron chi connectivity index (χ4n) is 1.59. The third-order valence-electron chi connectivity index (χ3n) is 2.46. The summed E-state index contributed by atoms with van der Waals surface area (Å²) in [6.07, 6.45) is -0.352. The molecule has 0 bridgehead atoms. The third kappa shape index (κ3) is 3.96. The van der Waals surface area contributed by atoms with E-state index in [0.29, 0.717) is 24.9 Å². The molecule has 0 spiro atoms. The zero-order valence-corrected chi connectivity index (χ0v) is 10.2. The maximum Gasteiger partial charge on any atom is 0.129 e. The SMILES string of the molecule is CC(O)CN(Cc1ccc(CO)o1)C(C)C. The highest BCUT2D eigenvalue weighted by molar-refractivity contribution is 5.06. The van der Waals surface area contributed by atoms with E-state index in [-0.39, 0.29) is 12.7 Å². The number of hydrogen-bond donors (Lipinski definition) is 2. The molecule has 0 amide bonds. The first-order chi connectivity index (χ1) is 7.52. The smallest absolute Gasteiger partial charge is 0.129 e. The van der Waals surface area contributed by atoms with Gasteiger partial charge in [0.25, 0.3) is 0 Å². The summed E-state index contributed by atoms with van der Waals surface area (Å²) in [5.41, 5.74) is 0. The van der Waals surface area contributed by atoms with Crippen LogP contribution in [0.15, 0.2) is 16.5 Å². The van der Waals surface area contributed by atoms with Gasteiger partial charge in [-0.1, -0.05) is 0 Å². The molecule has 4 heteroatoms. The third-order valence-corrected chi connectivity index (χ3v) is 2.46. The fourth-order valence-corrected chi connectivity index (χ4v) is 1.59. The number of furan rings is 1. The van der Waals surface area contributed by atoms with E-state index in [1.54, 1.807) is 13.0 Å². The normalized spacial score (nSPS) is 13.7. The molecule has 0 aliphatic rings. The minimum Gasteiger partial charge on any atom is -0.462 e. The minimum atomic E-state index is -0.352. The Balaban J connectivity index is 2.60. The van der Waals surface area contributed by atoms with Gasteiger partial charge in [-0.3, -0.25) is 4.90 Å². The lowest BCUT2D eigenvalue weighted by Gasteiger charge is -2.26. The van der Waals surface area contributed by atoms with Gasteiger partial charge in [0.2, 0.25) is 0 Å². The van der Waals surface area contributed by atoms with Gasteiger partial charge in [0.05, 0.1) is 12.6 Å². The molecule has 0 fully saturated rings. The van der Waals surface area contributed by atoms with Crippen LogP contribution in [-0.2, 0) is 13.2 Å². The van der Waals surface area contributed by atoms with E-state index in [9.17, 15) is 5.11 Å². The second-order valence-corrected chi connectivity index (χ2v) is 4.40. The molecule has 0 saturated carbocycles. The molecule has 0 aliphatic heterocycles. The van der Waals surface area contributed by atoms with Crippen molar-refractivity contribution >= 4 is 0 Å². The average Bonchev–Trinajstić information content (AvgIpc) is 2.63. The largest absolute Gasteiger partial charge is 0.462 e. The molecule has 0 aliphatic carbocycles. The van der Waals surface area contributed by atoms with Gasteiger partial charge in [0.1, 0.15) is 18.1 Å². The Morgan fingerprint density at radius 2 is 1.88 bits per heavy atom. The predicted octanol–water partition coefficient (Wildman–Crippen LogP) is 1.36. The van der Waals surface area contributed by atoms with Crippen LogP contribution in [0, 0.1) is 0 Å². The molecule has 1 heterocycles. The van der Waals surface area contributed by atoms with E-state index in [1.165, 1.54) is 0 Å². The maximum absolute atomic E-state index is 9.39. The predicted molar refractivity (Wildman–Crippen MR) is 61.9 cm³/mol. The summed E-state index contributed by atoms with van der Waals surface area (Å²) in [4.78, 5) is 2.13. The van der Waals surface area contributed by atoms with E-state index in [0.717, 1.165) is 5.76 Å². The molecule has 4 nitrogen and oxygen atoms in total. The Labute approximate surface area is 96.5 Å². The first-order valence-corrected chi connectivity index (χ1v) is 5.63. The molecule has 1 unspecified atom stereocenters. The van der Waals surface area contributed by atoms with Gasteiger partial charge in [-0.15, -0.1) is 0 Å². The molecular formula is C12H21NO3. The molecule has 0 aromatic carbocycles. The van der Waals surface area contributed by atoms with Crippen LogP contribution in [0.2, 0.25) is 0 Å². The number of hydrogen-bond acceptors (Lipinski definition) is 4. The highest BCUT2D eigenvalue weighted by atomic mass is 16.4. The van der Waals surface area contributed by atoms with Crippen LogP contribution in [-0.4, -0.2) is 33.8 Å². The molecular weight excluding hydrogens is 206 g/mol. The van der Waals surface area contributed by atoms with Crippen LogP contribution in [0.4, 0.5) is 0 Å². The topological polar surface area (TPSA) is 56.8 Å². The number of aliphatic hydroxyl groups excluding tert-OH is 2. The van der Waals surface area contributed by atoms with Crippen molar-refractivity contribution in [3.8, 4) is 0 Å². The van der Waals surface area contributed by atoms with Crippen LogP contribution in [0.5, 0.6) is 0 Å². The quantitative estimate of drug-likeness (QED) is 0.770. The van der Waals surface area contributed by atoms with Gasteiger partial charge >= 0.3 is 0 Å². The lowest BCUT2D eigenvalue weighted by atomic mass is 10.2. The van der Waals surface area contributed by atoms with Crippen LogP contribution in [0.3, 0.4) is 0 Å². The number of rotatable bonds is 6. The van der Waals surface area contributed by atoms with Gasteiger partial charge in [-0.25, -0.2) is 0 Å². The van der Waals surface area contributed by atoms with Crippen molar-refractivity contribution in [3.05, 3.63) is 23.7 Å². The van der Waals surface area contributed by atoms with E-state index >= 15 is 0 Å². The summed E-state index contributed by atoms with van der Waals surface area (Å²) in [5, 5.41) is 18.3. The molecule has 16 heavy (non-hydrogen) atoms. The zero-order valence-electron chi connectivity index (χ0n) is 10.2. The van der Waals surface area contributed by atoms with Gasteiger partial charge in [0.15, 0.2) is 0 Å². The molecule has 92 valence electrons. The van der Waals surface area contributed by atoms with E-state index in [4.69, 9.17) is 9.52 Å². The van der Waals surface area contributed by atoms with Crippen LogP contribution in [0.25, 0.3) is 0 Å². The first-order valence-electron chi connectivity index (χ1n) is 5.63. The molecule has 2 N–H and O–H groups in total. The Morgan fingerprint density at radius 3 is 2.31 bits per heavy atom. The van der Waals surface area contributed by atoms with E-state index in [1.807, 2.05) is 6.07 Å². The number of aliphatic hydroxyl groups is 2. The van der Waals surface area contributed by atoms with Gasteiger partial charge in [-0.05, 0) is 32.9 Å². The minimum absolute atomic E-state index is 0.0713. The van der Waals surface area contributed by atoms with Crippen molar-refractivity contribution in [2.75, 3.05) is 6.54 Å². The van der Waals surface area contributed by atoms with Crippen LogP contribution in [0.1, 0.15) is 32.3 Å². The van der Waals surface area contributed by atoms with Gasteiger partial charge < -0.3 is 14.6 Å². The van der Waals surface area contributed by atoms with Crippen molar-refractivity contribution in [3.63, 3.8) is 0 Å². The first kappa shape index (κ1) is 13.2. The Kier molecular flexibility index (Phi) is 4.99. The summed E-state index contributed by atoms with van der Waals surface area (Å²) >= 11 is 0. The monoisotopic (exact) mass is 227 g/mol. The zero-order chi connectivity index (χ0) is 12.1. The van der Waals surface area contributed by atoms with Crippen molar-refractivity contribution in [2.45, 2.75) is 46.1 Å². The summed E-state index contributed by atoms with van der Waals surface area (Å²) in [7, 11) is 0. The molecule has 1 aromatic rings. The van der Waals surface area contributed by atoms with Crippen LogP contribution >= 0.6 is 0 Å². The molecule has 0 saturated heterocycles. The van der Waals surface area contributed by atoms with E-state index in [2.05, 4.69) is 18.7 Å². The summed E-state index contributed by atoms with van der Waals surface area (Å²) in [6.45, 7) is 7.14. The highest BCUT2D eigenvalue weighted by Crippen LogP contribution is 2.13. The Bertz CT molecular complexity index is 307. The number of nitrogens with zero attached hydrogens (tertiary/aromatic N) is 1. The van der Waals surface area contributed by atoms with Crippen molar-refractivity contribution in [2.24, 2.45) is 0 Å². The van der Waals surface area contributed by atoms with Gasteiger partial charge in [-0.2, -0.15) is 0 Å².